The van der Waals surface area contributed by atoms with E-state index >= 15 is 0 Å². The van der Waals surface area contributed by atoms with Crippen LogP contribution in [0.4, 0.5) is 0 Å². The molecule has 0 aromatic rings. The Morgan fingerprint density at radius 2 is 1.00 bits per heavy atom. The van der Waals surface area contributed by atoms with E-state index in [1.807, 2.05) is 0 Å². The molecule has 0 fully saturated rings. The van der Waals surface area contributed by atoms with Crippen LogP contribution in [0.3, 0.4) is 0 Å². The molecule has 0 amide bonds. The Balaban J connectivity index is 0. The van der Waals surface area contributed by atoms with E-state index in [1.54, 1.807) is 0 Å². The molecule has 2 nitrogen and oxygen atoms in total. The summed E-state index contributed by atoms with van der Waals surface area (Å²) in [6.45, 7) is 2.26. The summed E-state index contributed by atoms with van der Waals surface area (Å²) in [5, 5.41) is 8.49. The quantitative estimate of drug-likeness (QED) is 0.352. The molecule has 0 aliphatic rings. The van der Waals surface area contributed by atoms with Gasteiger partial charge in [0.1, 0.15) is 0 Å². The minimum Gasteiger partial charge on any atom is -0.481 e. The molecular weight excluding hydrogens is 251 g/mol. The molecule has 0 aromatic heterocycles. The molecule has 0 aliphatic heterocycles. The summed E-state index contributed by atoms with van der Waals surface area (Å²) in [7, 11) is 0. The van der Waals surface area contributed by atoms with Crippen LogP contribution >= 0.6 is 0 Å². The monoisotopic (exact) mass is 283 g/mol. The van der Waals surface area contributed by atoms with E-state index in [9.17, 15) is 4.79 Å². The van der Waals surface area contributed by atoms with E-state index in [0.717, 1.165) is 12.8 Å². The Bertz CT molecular complexity index is 184. The van der Waals surface area contributed by atoms with E-state index in [-0.39, 0.29) is 17.4 Å². The standard InChI is InChI=1S/C16H32O2.Al/c1-2-3-4-5-6-7-8-9-10-11-12-13-14-15-16(17)18;/h2-15H2,1H3,(H,17,18);. The Hall–Kier alpha value is 0.00247. The molecule has 0 heterocycles. The maximum Gasteiger partial charge on any atom is 0.303 e. The average molecular weight is 283 g/mol. The third-order valence-electron chi connectivity index (χ3n) is 3.49. The van der Waals surface area contributed by atoms with Crippen LogP contribution in [0, 0.1) is 0 Å². The number of hydrogen-bond donors (Lipinski definition) is 1. The molecule has 0 atom stereocenters. The van der Waals surface area contributed by atoms with Crippen LogP contribution in [-0.4, -0.2) is 28.4 Å². The third kappa shape index (κ3) is 20.5. The molecule has 0 saturated heterocycles. The van der Waals surface area contributed by atoms with Gasteiger partial charge in [0.2, 0.25) is 0 Å². The fourth-order valence-electron chi connectivity index (χ4n) is 2.29. The Labute approximate surface area is 130 Å². The molecule has 0 aromatic carbocycles. The topological polar surface area (TPSA) is 37.3 Å². The van der Waals surface area contributed by atoms with Gasteiger partial charge in [-0.3, -0.25) is 4.79 Å². The summed E-state index contributed by atoms with van der Waals surface area (Å²) in [6, 6.07) is 0. The van der Waals surface area contributed by atoms with Gasteiger partial charge >= 0.3 is 5.97 Å². The van der Waals surface area contributed by atoms with Gasteiger partial charge in [0, 0.05) is 23.8 Å². The van der Waals surface area contributed by atoms with E-state index in [1.165, 1.54) is 70.6 Å². The van der Waals surface area contributed by atoms with Crippen LogP contribution in [0.1, 0.15) is 96.8 Å². The second-order valence-corrected chi connectivity index (χ2v) is 5.39. The van der Waals surface area contributed by atoms with Crippen molar-refractivity contribution in [3.63, 3.8) is 0 Å². The van der Waals surface area contributed by atoms with Gasteiger partial charge in [0.05, 0.1) is 0 Å². The number of carboxylic acids is 1. The number of rotatable bonds is 14. The Kier molecular flexibility index (Phi) is 20.2. The minimum atomic E-state index is -0.655. The number of unbranched alkanes of at least 4 members (excludes halogenated alkanes) is 12. The van der Waals surface area contributed by atoms with Crippen molar-refractivity contribution in [2.75, 3.05) is 0 Å². The first-order chi connectivity index (χ1) is 8.77. The largest absolute Gasteiger partial charge is 0.481 e. The summed E-state index contributed by atoms with van der Waals surface area (Å²) < 4.78 is 0. The summed E-state index contributed by atoms with van der Waals surface area (Å²) in [4.78, 5) is 10.3. The van der Waals surface area contributed by atoms with Crippen molar-refractivity contribution in [2.45, 2.75) is 96.8 Å². The average Bonchev–Trinajstić information content (AvgIpc) is 2.34. The highest BCUT2D eigenvalue weighted by molar-refractivity contribution is 5.75. The molecule has 19 heavy (non-hydrogen) atoms. The number of hydrogen-bond acceptors (Lipinski definition) is 1. The zero-order chi connectivity index (χ0) is 13.5. The van der Waals surface area contributed by atoms with Gasteiger partial charge in [-0.25, -0.2) is 0 Å². The van der Waals surface area contributed by atoms with Crippen LogP contribution < -0.4 is 0 Å². The first-order valence-electron chi connectivity index (χ1n) is 7.99. The molecular formula is C16H32AlO2. The predicted octanol–water partition coefficient (Wildman–Crippen LogP) is 5.17. The zero-order valence-electron chi connectivity index (χ0n) is 12.8. The molecule has 111 valence electrons. The van der Waals surface area contributed by atoms with Gasteiger partial charge in [0.15, 0.2) is 0 Å². The highest BCUT2D eigenvalue weighted by Gasteiger charge is 1.96. The first-order valence-corrected chi connectivity index (χ1v) is 7.99. The molecule has 0 aliphatic carbocycles. The van der Waals surface area contributed by atoms with Gasteiger partial charge in [-0.2, -0.15) is 0 Å². The van der Waals surface area contributed by atoms with Crippen LogP contribution in [0.25, 0.3) is 0 Å². The number of carbonyl (C=O) groups is 1. The lowest BCUT2D eigenvalue weighted by Gasteiger charge is -2.02. The van der Waals surface area contributed by atoms with Crippen molar-refractivity contribution >= 4 is 23.3 Å². The number of carboxylic acid groups (broad SMARTS) is 1. The van der Waals surface area contributed by atoms with Crippen molar-refractivity contribution < 1.29 is 9.90 Å². The predicted molar refractivity (Wildman–Crippen MR) is 83.7 cm³/mol. The van der Waals surface area contributed by atoms with Gasteiger partial charge in [-0.05, 0) is 6.42 Å². The minimum absolute atomic E-state index is 0. The van der Waals surface area contributed by atoms with Crippen molar-refractivity contribution in [3.8, 4) is 0 Å². The Morgan fingerprint density at radius 3 is 1.32 bits per heavy atom. The molecule has 0 spiro atoms. The lowest BCUT2D eigenvalue weighted by Crippen LogP contribution is -1.93. The van der Waals surface area contributed by atoms with Gasteiger partial charge in [-0.1, -0.05) is 84.0 Å². The molecule has 0 bridgehead atoms. The molecule has 0 saturated carbocycles. The van der Waals surface area contributed by atoms with Gasteiger partial charge < -0.3 is 5.11 Å². The van der Waals surface area contributed by atoms with Crippen LogP contribution in [0.2, 0.25) is 0 Å². The van der Waals surface area contributed by atoms with Gasteiger partial charge in [0.25, 0.3) is 0 Å². The summed E-state index contributed by atoms with van der Waals surface area (Å²) in [6.07, 6.45) is 17.3. The van der Waals surface area contributed by atoms with Crippen molar-refractivity contribution in [2.24, 2.45) is 0 Å². The molecule has 3 heteroatoms. The molecule has 3 radical (unpaired) electrons. The van der Waals surface area contributed by atoms with E-state index in [0.29, 0.717) is 6.42 Å². The summed E-state index contributed by atoms with van der Waals surface area (Å²) in [5.41, 5.74) is 0. The van der Waals surface area contributed by atoms with Crippen molar-refractivity contribution in [3.05, 3.63) is 0 Å². The second kappa shape index (κ2) is 18.0. The normalized spacial score (nSPS) is 10.2. The van der Waals surface area contributed by atoms with Crippen molar-refractivity contribution in [1.29, 1.82) is 0 Å². The Morgan fingerprint density at radius 1 is 0.684 bits per heavy atom. The molecule has 0 unspecified atom stereocenters. The van der Waals surface area contributed by atoms with Gasteiger partial charge in [-0.15, -0.1) is 0 Å². The summed E-state index contributed by atoms with van der Waals surface area (Å²) >= 11 is 0. The SMILES string of the molecule is CCCCCCCCCCCCCCCC(=O)O.[Al]. The first kappa shape index (κ1) is 21.3. The lowest BCUT2D eigenvalue weighted by atomic mass is 10.0. The zero-order valence-corrected chi connectivity index (χ0v) is 14.0. The highest BCUT2D eigenvalue weighted by Crippen LogP contribution is 2.12. The van der Waals surface area contributed by atoms with Crippen molar-refractivity contribution in [1.82, 2.24) is 0 Å². The molecule has 0 rings (SSSR count). The van der Waals surface area contributed by atoms with Crippen LogP contribution in [-0.2, 0) is 4.79 Å². The van der Waals surface area contributed by atoms with E-state index in [4.69, 9.17) is 5.11 Å². The highest BCUT2D eigenvalue weighted by atomic mass is 27.0. The third-order valence-corrected chi connectivity index (χ3v) is 3.49. The van der Waals surface area contributed by atoms with E-state index < -0.39 is 5.97 Å². The lowest BCUT2D eigenvalue weighted by molar-refractivity contribution is -0.137. The van der Waals surface area contributed by atoms with Crippen LogP contribution in [0.15, 0.2) is 0 Å². The fourth-order valence-corrected chi connectivity index (χ4v) is 2.29. The maximum atomic E-state index is 10.3. The van der Waals surface area contributed by atoms with E-state index in [2.05, 4.69) is 6.92 Å². The smallest absolute Gasteiger partial charge is 0.303 e. The fraction of sp³-hybridized carbons (Fsp3) is 0.938. The summed E-state index contributed by atoms with van der Waals surface area (Å²) in [5.74, 6) is -0.655. The maximum absolute atomic E-state index is 10.3. The molecule has 1 N–H and O–H groups in total. The van der Waals surface area contributed by atoms with Crippen LogP contribution in [0.5, 0.6) is 0 Å². The number of aliphatic carboxylic acids is 1. The second-order valence-electron chi connectivity index (χ2n) is 5.39.